The number of hydrogen-bond acceptors (Lipinski definition) is 3. The van der Waals surface area contributed by atoms with Gasteiger partial charge in [-0.15, -0.1) is 0 Å². The number of hydrogen-bond donors (Lipinski definition) is 1. The summed E-state index contributed by atoms with van der Waals surface area (Å²) in [6.45, 7) is 7.76. The molecule has 0 saturated heterocycles. The number of carbonyl (C=O) groups excluding carboxylic acids is 2. The predicted octanol–water partition coefficient (Wildman–Crippen LogP) is 3.07. The molecule has 0 aliphatic heterocycles. The zero-order valence-corrected chi connectivity index (χ0v) is 12.9. The number of carbonyl (C=O) groups is 2. The number of benzene rings is 1. The highest BCUT2D eigenvalue weighted by Gasteiger charge is 2.15. The molecule has 4 heteroatoms. The lowest BCUT2D eigenvalue weighted by atomic mass is 10.1. The van der Waals surface area contributed by atoms with E-state index in [1.807, 2.05) is 39.8 Å². The molecular weight excluding hydrogens is 266 g/mol. The quantitative estimate of drug-likeness (QED) is 0.528. The number of aldehydes is 1. The molecule has 4 nitrogen and oxygen atoms in total. The van der Waals surface area contributed by atoms with E-state index in [1.165, 1.54) is 0 Å². The standard InChI is InChI=1S/C17H21NO3/c1-13-11-14(8-9-15(13)12-19)7-5-6-10-18-16(20)21-17(2,3)4/h8-9,11-12H,6,10H2,1-4H3,(H,18,20). The highest BCUT2D eigenvalue weighted by atomic mass is 16.6. The van der Waals surface area contributed by atoms with E-state index < -0.39 is 11.7 Å². The summed E-state index contributed by atoms with van der Waals surface area (Å²) >= 11 is 0. The third-order valence-electron chi connectivity index (χ3n) is 2.55. The van der Waals surface area contributed by atoms with E-state index in [-0.39, 0.29) is 0 Å². The first-order valence-electron chi connectivity index (χ1n) is 6.83. The van der Waals surface area contributed by atoms with Gasteiger partial charge in [-0.1, -0.05) is 17.9 Å². The Hall–Kier alpha value is -2.28. The Balaban J connectivity index is 2.42. The maximum absolute atomic E-state index is 11.4. The summed E-state index contributed by atoms with van der Waals surface area (Å²) in [5.41, 5.74) is 1.94. The monoisotopic (exact) mass is 287 g/mol. The van der Waals surface area contributed by atoms with Gasteiger partial charge in [0.15, 0.2) is 0 Å². The van der Waals surface area contributed by atoms with E-state index in [2.05, 4.69) is 17.2 Å². The van der Waals surface area contributed by atoms with E-state index in [9.17, 15) is 9.59 Å². The maximum atomic E-state index is 11.4. The van der Waals surface area contributed by atoms with Crippen LogP contribution in [0.1, 0.15) is 48.7 Å². The molecule has 1 rings (SSSR count). The summed E-state index contributed by atoms with van der Waals surface area (Å²) in [6, 6.07) is 5.44. The molecule has 21 heavy (non-hydrogen) atoms. The van der Waals surface area contributed by atoms with Crippen LogP contribution >= 0.6 is 0 Å². The van der Waals surface area contributed by atoms with Gasteiger partial charge in [0.2, 0.25) is 0 Å². The molecule has 0 atom stereocenters. The molecule has 0 spiro atoms. The van der Waals surface area contributed by atoms with Gasteiger partial charge in [-0.3, -0.25) is 4.79 Å². The number of aryl methyl sites for hydroxylation is 1. The number of alkyl carbamates (subject to hydrolysis) is 1. The molecule has 0 saturated carbocycles. The molecule has 0 fully saturated rings. The van der Waals surface area contributed by atoms with Crippen molar-refractivity contribution in [1.29, 1.82) is 0 Å². The fourth-order valence-corrected chi connectivity index (χ4v) is 1.59. The van der Waals surface area contributed by atoms with Crippen LogP contribution in [0.3, 0.4) is 0 Å². The number of nitrogens with one attached hydrogen (secondary N) is 1. The normalized spacial score (nSPS) is 10.3. The van der Waals surface area contributed by atoms with E-state index in [4.69, 9.17) is 4.74 Å². The van der Waals surface area contributed by atoms with Crippen LogP contribution in [0.15, 0.2) is 18.2 Å². The first-order valence-corrected chi connectivity index (χ1v) is 6.83. The average molecular weight is 287 g/mol. The summed E-state index contributed by atoms with van der Waals surface area (Å²) in [7, 11) is 0. The van der Waals surface area contributed by atoms with E-state index in [1.54, 1.807) is 6.07 Å². The minimum absolute atomic E-state index is 0.435. The maximum Gasteiger partial charge on any atom is 0.407 e. The Kier molecular flexibility index (Phi) is 5.98. The van der Waals surface area contributed by atoms with Crippen LogP contribution in [0.2, 0.25) is 0 Å². The van der Waals surface area contributed by atoms with Crippen LogP contribution in [-0.2, 0) is 4.74 Å². The van der Waals surface area contributed by atoms with Crippen molar-refractivity contribution in [2.45, 2.75) is 39.7 Å². The zero-order chi connectivity index (χ0) is 15.9. The Morgan fingerprint density at radius 3 is 2.67 bits per heavy atom. The summed E-state index contributed by atoms with van der Waals surface area (Å²) in [5, 5.41) is 2.65. The van der Waals surface area contributed by atoms with Crippen LogP contribution in [0.5, 0.6) is 0 Å². The molecule has 1 amide bonds. The van der Waals surface area contributed by atoms with Crippen molar-refractivity contribution in [3.63, 3.8) is 0 Å². The lowest BCUT2D eigenvalue weighted by Crippen LogP contribution is -2.32. The first-order chi connectivity index (χ1) is 9.81. The SMILES string of the molecule is Cc1cc(C#CCCNC(=O)OC(C)(C)C)ccc1C=O. The van der Waals surface area contributed by atoms with Gasteiger partial charge in [-0.25, -0.2) is 4.79 Å². The lowest BCUT2D eigenvalue weighted by molar-refractivity contribution is 0.0529. The van der Waals surface area contributed by atoms with Crippen LogP contribution in [0, 0.1) is 18.8 Å². The molecule has 0 aromatic heterocycles. The number of ether oxygens (including phenoxy) is 1. The molecule has 0 heterocycles. The minimum atomic E-state index is -0.492. The van der Waals surface area contributed by atoms with Crippen LogP contribution in [-0.4, -0.2) is 24.5 Å². The minimum Gasteiger partial charge on any atom is -0.444 e. The van der Waals surface area contributed by atoms with Gasteiger partial charge in [-0.05, 0) is 45.4 Å². The van der Waals surface area contributed by atoms with Gasteiger partial charge < -0.3 is 10.1 Å². The van der Waals surface area contributed by atoms with Crippen molar-refractivity contribution >= 4 is 12.4 Å². The third kappa shape index (κ3) is 6.62. The van der Waals surface area contributed by atoms with Crippen molar-refractivity contribution in [2.75, 3.05) is 6.54 Å². The summed E-state index contributed by atoms with van der Waals surface area (Å²) in [6.07, 6.45) is 0.931. The summed E-state index contributed by atoms with van der Waals surface area (Å²) in [5.74, 6) is 5.98. The summed E-state index contributed by atoms with van der Waals surface area (Å²) in [4.78, 5) is 22.1. The van der Waals surface area contributed by atoms with Gasteiger partial charge in [0.05, 0.1) is 0 Å². The second-order valence-electron chi connectivity index (χ2n) is 5.67. The van der Waals surface area contributed by atoms with Crippen LogP contribution < -0.4 is 5.32 Å². The topological polar surface area (TPSA) is 55.4 Å². The smallest absolute Gasteiger partial charge is 0.407 e. The second kappa shape index (κ2) is 7.49. The molecule has 1 aromatic carbocycles. The van der Waals surface area contributed by atoms with Crippen molar-refractivity contribution in [3.05, 3.63) is 34.9 Å². The van der Waals surface area contributed by atoms with Gasteiger partial charge in [-0.2, -0.15) is 0 Å². The fraction of sp³-hybridized carbons (Fsp3) is 0.412. The molecule has 1 aromatic rings. The lowest BCUT2D eigenvalue weighted by Gasteiger charge is -2.19. The molecule has 0 radical (unpaired) electrons. The van der Waals surface area contributed by atoms with Crippen molar-refractivity contribution < 1.29 is 14.3 Å². The third-order valence-corrected chi connectivity index (χ3v) is 2.55. The second-order valence-corrected chi connectivity index (χ2v) is 5.67. The molecule has 0 aliphatic carbocycles. The zero-order valence-electron chi connectivity index (χ0n) is 12.9. The molecule has 0 aliphatic rings. The number of amides is 1. The van der Waals surface area contributed by atoms with E-state index in [0.29, 0.717) is 18.5 Å². The highest BCUT2D eigenvalue weighted by Crippen LogP contribution is 2.08. The Bertz CT molecular complexity index is 574. The van der Waals surface area contributed by atoms with Gasteiger partial charge in [0, 0.05) is 24.1 Å². The van der Waals surface area contributed by atoms with Gasteiger partial charge in [0.25, 0.3) is 0 Å². The van der Waals surface area contributed by atoms with Crippen molar-refractivity contribution in [1.82, 2.24) is 5.32 Å². The molecular formula is C17H21NO3. The predicted molar refractivity (Wildman–Crippen MR) is 82.3 cm³/mol. The van der Waals surface area contributed by atoms with E-state index in [0.717, 1.165) is 17.4 Å². The van der Waals surface area contributed by atoms with Crippen molar-refractivity contribution in [3.8, 4) is 11.8 Å². The molecule has 112 valence electrons. The fourth-order valence-electron chi connectivity index (χ4n) is 1.59. The molecule has 1 N–H and O–H groups in total. The first kappa shape index (κ1) is 16.8. The van der Waals surface area contributed by atoms with E-state index >= 15 is 0 Å². The molecule has 0 unspecified atom stereocenters. The number of rotatable bonds is 3. The Labute approximate surface area is 125 Å². The highest BCUT2D eigenvalue weighted by molar-refractivity contribution is 5.77. The summed E-state index contributed by atoms with van der Waals surface area (Å²) < 4.78 is 5.11. The average Bonchev–Trinajstić information content (AvgIpc) is 2.36. The van der Waals surface area contributed by atoms with Gasteiger partial charge in [0.1, 0.15) is 11.9 Å². The Morgan fingerprint density at radius 2 is 2.10 bits per heavy atom. The Morgan fingerprint density at radius 1 is 1.38 bits per heavy atom. The van der Waals surface area contributed by atoms with Gasteiger partial charge >= 0.3 is 6.09 Å². The molecule has 0 bridgehead atoms. The van der Waals surface area contributed by atoms with Crippen LogP contribution in [0.25, 0.3) is 0 Å². The largest absolute Gasteiger partial charge is 0.444 e. The van der Waals surface area contributed by atoms with Crippen molar-refractivity contribution in [2.24, 2.45) is 0 Å². The van der Waals surface area contributed by atoms with Crippen LogP contribution in [0.4, 0.5) is 4.79 Å².